The van der Waals surface area contributed by atoms with Crippen molar-refractivity contribution in [2.75, 3.05) is 0 Å². The largest absolute Gasteiger partial charge is 0.481 e. The molecule has 1 N–H and O–H groups in total. The molecule has 0 fully saturated rings. The lowest BCUT2D eigenvalue weighted by Gasteiger charge is -2.15. The highest BCUT2D eigenvalue weighted by Crippen LogP contribution is 2.29. The fraction of sp³-hybridized carbons (Fsp3) is 0.0714. The van der Waals surface area contributed by atoms with Gasteiger partial charge in [0.15, 0.2) is 0 Å². The standard InChI is InChI=1S/C14H8F4O2/c15-7-1-3-9(11(17)5-7)13(14(19)20)10-4-2-8(16)6-12(10)18/h1-6,13H,(H,19,20). The number of carboxylic acids is 1. The van der Waals surface area contributed by atoms with Crippen LogP contribution < -0.4 is 0 Å². The number of hydrogen-bond donors (Lipinski definition) is 1. The summed E-state index contributed by atoms with van der Waals surface area (Å²) in [6.07, 6.45) is 0. The molecule has 0 aliphatic rings. The van der Waals surface area contributed by atoms with Gasteiger partial charge in [0.25, 0.3) is 0 Å². The second-order valence-corrected chi connectivity index (χ2v) is 4.10. The van der Waals surface area contributed by atoms with E-state index >= 15 is 0 Å². The highest BCUT2D eigenvalue weighted by atomic mass is 19.1. The van der Waals surface area contributed by atoms with Gasteiger partial charge in [-0.15, -0.1) is 0 Å². The van der Waals surface area contributed by atoms with Crippen LogP contribution in [0.2, 0.25) is 0 Å². The molecule has 6 heteroatoms. The third-order valence-electron chi connectivity index (χ3n) is 2.79. The summed E-state index contributed by atoms with van der Waals surface area (Å²) in [6, 6.07) is 4.60. The second-order valence-electron chi connectivity index (χ2n) is 4.10. The molecule has 0 saturated carbocycles. The minimum absolute atomic E-state index is 0.399. The first-order valence-electron chi connectivity index (χ1n) is 5.53. The minimum atomic E-state index is -1.68. The van der Waals surface area contributed by atoms with E-state index in [2.05, 4.69) is 0 Å². The maximum Gasteiger partial charge on any atom is 0.315 e. The van der Waals surface area contributed by atoms with Gasteiger partial charge in [0.1, 0.15) is 29.2 Å². The molecule has 0 bridgehead atoms. The van der Waals surface area contributed by atoms with Crippen LogP contribution in [0.1, 0.15) is 17.0 Å². The lowest BCUT2D eigenvalue weighted by Crippen LogP contribution is -2.16. The summed E-state index contributed by atoms with van der Waals surface area (Å²) in [4.78, 5) is 11.3. The van der Waals surface area contributed by atoms with Crippen molar-refractivity contribution in [1.82, 2.24) is 0 Å². The predicted molar refractivity (Wildman–Crippen MR) is 62.2 cm³/mol. The van der Waals surface area contributed by atoms with Crippen molar-refractivity contribution in [3.8, 4) is 0 Å². The maximum absolute atomic E-state index is 13.7. The van der Waals surface area contributed by atoms with E-state index in [1.165, 1.54) is 0 Å². The molecule has 0 unspecified atom stereocenters. The zero-order valence-electron chi connectivity index (χ0n) is 9.91. The topological polar surface area (TPSA) is 37.3 Å². The zero-order chi connectivity index (χ0) is 14.9. The Kier molecular flexibility index (Phi) is 3.74. The van der Waals surface area contributed by atoms with E-state index in [9.17, 15) is 22.4 Å². The van der Waals surface area contributed by atoms with Gasteiger partial charge in [0.05, 0.1) is 0 Å². The van der Waals surface area contributed by atoms with Crippen molar-refractivity contribution in [3.05, 3.63) is 70.8 Å². The summed E-state index contributed by atoms with van der Waals surface area (Å²) >= 11 is 0. The van der Waals surface area contributed by atoms with Crippen LogP contribution in [-0.4, -0.2) is 11.1 Å². The van der Waals surface area contributed by atoms with Gasteiger partial charge in [0, 0.05) is 23.3 Å². The number of rotatable bonds is 3. The Morgan fingerprint density at radius 1 is 0.850 bits per heavy atom. The number of carboxylic acid groups (broad SMARTS) is 1. The second kappa shape index (κ2) is 5.32. The first-order chi connectivity index (χ1) is 9.40. The van der Waals surface area contributed by atoms with E-state index in [-0.39, 0.29) is 0 Å². The van der Waals surface area contributed by atoms with Gasteiger partial charge in [-0.25, -0.2) is 17.6 Å². The van der Waals surface area contributed by atoms with E-state index < -0.39 is 46.3 Å². The van der Waals surface area contributed by atoms with Crippen molar-refractivity contribution in [2.24, 2.45) is 0 Å². The maximum atomic E-state index is 13.7. The van der Waals surface area contributed by atoms with Crippen molar-refractivity contribution in [2.45, 2.75) is 5.92 Å². The number of carbonyl (C=O) groups is 1. The van der Waals surface area contributed by atoms with E-state index in [0.29, 0.717) is 12.1 Å². The molecule has 0 saturated heterocycles. The van der Waals surface area contributed by atoms with Gasteiger partial charge < -0.3 is 5.11 Å². The molecule has 2 aromatic rings. The van der Waals surface area contributed by atoms with Crippen LogP contribution in [0, 0.1) is 23.3 Å². The van der Waals surface area contributed by atoms with Gasteiger partial charge in [-0.2, -0.15) is 0 Å². The Balaban J connectivity index is 2.59. The Hall–Kier alpha value is -2.37. The van der Waals surface area contributed by atoms with E-state index in [0.717, 1.165) is 24.3 Å². The molecule has 0 atom stereocenters. The fourth-order valence-corrected chi connectivity index (χ4v) is 1.90. The molecule has 2 nitrogen and oxygen atoms in total. The third kappa shape index (κ3) is 2.64. The van der Waals surface area contributed by atoms with Crippen molar-refractivity contribution < 1.29 is 27.5 Å². The van der Waals surface area contributed by atoms with Crippen LogP contribution >= 0.6 is 0 Å². The van der Waals surface area contributed by atoms with E-state index in [1.807, 2.05) is 0 Å². The average molecular weight is 284 g/mol. The summed E-state index contributed by atoms with van der Waals surface area (Å²) in [6.45, 7) is 0. The van der Waals surface area contributed by atoms with Crippen molar-refractivity contribution >= 4 is 5.97 Å². The van der Waals surface area contributed by atoms with Crippen LogP contribution in [-0.2, 0) is 4.79 Å². The summed E-state index contributed by atoms with van der Waals surface area (Å²) in [5.74, 6) is -7.19. The van der Waals surface area contributed by atoms with Crippen molar-refractivity contribution in [3.63, 3.8) is 0 Å². The van der Waals surface area contributed by atoms with E-state index in [1.54, 1.807) is 0 Å². The molecule has 0 radical (unpaired) electrons. The number of benzene rings is 2. The number of aliphatic carboxylic acids is 1. The quantitative estimate of drug-likeness (QED) is 0.876. The molecule has 0 spiro atoms. The van der Waals surface area contributed by atoms with Gasteiger partial charge in [-0.05, 0) is 12.1 Å². The Morgan fingerprint density at radius 2 is 1.25 bits per heavy atom. The molecule has 104 valence electrons. The van der Waals surface area contributed by atoms with Crippen LogP contribution in [0.25, 0.3) is 0 Å². The summed E-state index contributed by atoms with van der Waals surface area (Å²) in [5, 5.41) is 9.15. The summed E-state index contributed by atoms with van der Waals surface area (Å²) in [5.41, 5.74) is -0.797. The van der Waals surface area contributed by atoms with Crippen molar-refractivity contribution in [1.29, 1.82) is 0 Å². The number of hydrogen-bond acceptors (Lipinski definition) is 1. The first-order valence-corrected chi connectivity index (χ1v) is 5.53. The molecule has 0 aliphatic heterocycles. The average Bonchev–Trinajstić information content (AvgIpc) is 2.34. The molecule has 2 rings (SSSR count). The highest BCUT2D eigenvalue weighted by Gasteiger charge is 2.28. The molecular weight excluding hydrogens is 276 g/mol. The smallest absolute Gasteiger partial charge is 0.315 e. The molecular formula is C14H8F4O2. The fourth-order valence-electron chi connectivity index (χ4n) is 1.90. The Labute approximate surface area is 111 Å². The highest BCUT2D eigenvalue weighted by molar-refractivity contribution is 5.80. The van der Waals surface area contributed by atoms with Crippen LogP contribution in [0.5, 0.6) is 0 Å². The van der Waals surface area contributed by atoms with Crippen LogP contribution in [0.4, 0.5) is 17.6 Å². The molecule has 0 aromatic heterocycles. The van der Waals surface area contributed by atoms with Gasteiger partial charge >= 0.3 is 5.97 Å². The van der Waals surface area contributed by atoms with Crippen LogP contribution in [0.3, 0.4) is 0 Å². The molecule has 0 amide bonds. The molecule has 0 aliphatic carbocycles. The summed E-state index contributed by atoms with van der Waals surface area (Å²) in [7, 11) is 0. The monoisotopic (exact) mass is 284 g/mol. The SMILES string of the molecule is O=C(O)C(c1ccc(F)cc1F)c1ccc(F)cc1F. The first kappa shape index (κ1) is 14.0. The normalized spacial score (nSPS) is 10.8. The van der Waals surface area contributed by atoms with E-state index in [4.69, 9.17) is 5.11 Å². The molecule has 0 heterocycles. The van der Waals surface area contributed by atoms with Gasteiger partial charge in [-0.3, -0.25) is 4.79 Å². The number of halogens is 4. The Bertz CT molecular complexity index is 619. The lowest BCUT2D eigenvalue weighted by molar-refractivity contribution is -0.137. The zero-order valence-corrected chi connectivity index (χ0v) is 9.91. The van der Waals surface area contributed by atoms with Gasteiger partial charge in [-0.1, -0.05) is 12.1 Å². The molecule has 2 aromatic carbocycles. The van der Waals surface area contributed by atoms with Crippen LogP contribution in [0.15, 0.2) is 36.4 Å². The minimum Gasteiger partial charge on any atom is -0.481 e. The molecule has 20 heavy (non-hydrogen) atoms. The van der Waals surface area contributed by atoms with Gasteiger partial charge in [0.2, 0.25) is 0 Å². The lowest BCUT2D eigenvalue weighted by atomic mass is 9.90. The predicted octanol–water partition coefficient (Wildman–Crippen LogP) is 3.46. The summed E-state index contributed by atoms with van der Waals surface area (Å²) < 4.78 is 53.0. The third-order valence-corrected chi connectivity index (χ3v) is 2.79. The Morgan fingerprint density at radius 3 is 1.55 bits per heavy atom.